The molecule has 31 heavy (non-hydrogen) atoms. The van der Waals surface area contributed by atoms with E-state index in [1.165, 1.54) is 25.1 Å². The highest BCUT2D eigenvalue weighted by Crippen LogP contribution is 2.32. The molecule has 2 heterocycles. The predicted octanol–water partition coefficient (Wildman–Crippen LogP) is 3.91. The summed E-state index contributed by atoms with van der Waals surface area (Å²) in [6.45, 7) is 1.45. The topological polar surface area (TPSA) is 111 Å². The summed E-state index contributed by atoms with van der Waals surface area (Å²) < 4.78 is 49.1. The Bertz CT molecular complexity index is 1330. The van der Waals surface area contributed by atoms with Crippen molar-refractivity contribution in [1.82, 2.24) is 20.3 Å². The normalized spacial score (nSPS) is 12.6. The second kappa shape index (κ2) is 7.67. The van der Waals surface area contributed by atoms with E-state index in [2.05, 4.69) is 20.3 Å². The number of aromatic amines is 1. The second-order valence-electron chi connectivity index (χ2n) is 6.53. The van der Waals surface area contributed by atoms with Gasteiger partial charge < -0.3 is 9.26 Å². The van der Waals surface area contributed by atoms with Crippen molar-refractivity contribution in [2.24, 2.45) is 0 Å². The van der Waals surface area contributed by atoms with Gasteiger partial charge in [0.05, 0.1) is 10.9 Å². The summed E-state index contributed by atoms with van der Waals surface area (Å²) in [6.07, 6.45) is -5.54. The van der Waals surface area contributed by atoms with Crippen molar-refractivity contribution < 1.29 is 27.2 Å². The molecule has 1 atom stereocenters. The highest BCUT2D eigenvalue weighted by molar-refractivity contribution is 6.02. The first-order chi connectivity index (χ1) is 14.7. The number of alkyl halides is 3. The Balaban J connectivity index is 1.57. The van der Waals surface area contributed by atoms with E-state index < -0.39 is 29.4 Å². The van der Waals surface area contributed by atoms with Crippen LogP contribution < -0.4 is 5.56 Å². The summed E-state index contributed by atoms with van der Waals surface area (Å²) in [7, 11) is 0. The number of esters is 1. The molecule has 0 radical (unpaired) electrons. The molecule has 0 spiro atoms. The number of fused-ring (bicyclic) bond motifs is 1. The minimum atomic E-state index is -4.52. The standard InChI is InChI=1S/C20H13F3N4O4/c1-10(30-19(29)15-13-7-2-3-8-14(13)17(28)26-25-15)18-24-16(27-31-18)11-5-4-6-12(9-11)20(21,22)23/h2-10H,1H3,(H,26,28). The average Bonchev–Trinajstić information content (AvgIpc) is 3.24. The van der Waals surface area contributed by atoms with Gasteiger partial charge in [0.25, 0.3) is 11.4 Å². The molecule has 4 aromatic rings. The number of carbonyl (C=O) groups excluding carboxylic acids is 1. The molecule has 0 saturated heterocycles. The molecule has 8 nitrogen and oxygen atoms in total. The van der Waals surface area contributed by atoms with Crippen LogP contribution in [0.5, 0.6) is 0 Å². The van der Waals surface area contributed by atoms with Gasteiger partial charge in [-0.05, 0) is 25.1 Å². The third-order valence-corrected chi connectivity index (χ3v) is 4.41. The Morgan fingerprint density at radius 1 is 1.13 bits per heavy atom. The number of hydrogen-bond donors (Lipinski definition) is 1. The molecule has 2 aromatic carbocycles. The highest BCUT2D eigenvalue weighted by atomic mass is 19.4. The average molecular weight is 430 g/mol. The number of benzene rings is 2. The van der Waals surface area contributed by atoms with E-state index in [1.807, 2.05) is 0 Å². The van der Waals surface area contributed by atoms with Crippen LogP contribution in [0.3, 0.4) is 0 Å². The first kappa shape index (κ1) is 20.3. The molecule has 0 saturated carbocycles. The van der Waals surface area contributed by atoms with Crippen molar-refractivity contribution in [3.05, 3.63) is 76.0 Å². The van der Waals surface area contributed by atoms with Crippen molar-refractivity contribution in [1.29, 1.82) is 0 Å². The van der Waals surface area contributed by atoms with Crippen LogP contribution >= 0.6 is 0 Å². The first-order valence-electron chi connectivity index (χ1n) is 8.93. The summed E-state index contributed by atoms with van der Waals surface area (Å²) in [5.41, 5.74) is -1.33. The maximum Gasteiger partial charge on any atom is 0.416 e. The highest BCUT2D eigenvalue weighted by Gasteiger charge is 2.31. The van der Waals surface area contributed by atoms with Crippen molar-refractivity contribution in [2.45, 2.75) is 19.2 Å². The Morgan fingerprint density at radius 2 is 1.87 bits per heavy atom. The quantitative estimate of drug-likeness (QED) is 0.489. The molecule has 0 fully saturated rings. The molecule has 2 aromatic heterocycles. The molecule has 0 aliphatic carbocycles. The molecule has 1 N–H and O–H groups in total. The van der Waals surface area contributed by atoms with Crippen LogP contribution in [0, 0.1) is 0 Å². The third-order valence-electron chi connectivity index (χ3n) is 4.41. The van der Waals surface area contributed by atoms with Gasteiger partial charge in [-0.15, -0.1) is 0 Å². The van der Waals surface area contributed by atoms with E-state index in [0.717, 1.165) is 12.1 Å². The summed E-state index contributed by atoms with van der Waals surface area (Å²) in [5, 5.41) is 10.2. The smallest absolute Gasteiger partial charge is 0.416 e. The Labute approximate surface area is 171 Å². The van der Waals surface area contributed by atoms with E-state index in [-0.39, 0.29) is 28.4 Å². The number of aromatic nitrogens is 4. The molecule has 0 amide bonds. The van der Waals surface area contributed by atoms with Crippen LogP contribution in [-0.4, -0.2) is 26.3 Å². The van der Waals surface area contributed by atoms with Crippen LogP contribution in [0.4, 0.5) is 13.2 Å². The van der Waals surface area contributed by atoms with Crippen molar-refractivity contribution in [3.63, 3.8) is 0 Å². The molecule has 158 valence electrons. The molecular weight excluding hydrogens is 417 g/mol. The fourth-order valence-corrected chi connectivity index (χ4v) is 2.89. The van der Waals surface area contributed by atoms with Crippen LogP contribution in [0.1, 0.15) is 35.0 Å². The second-order valence-corrected chi connectivity index (χ2v) is 6.53. The molecule has 1 unspecified atom stereocenters. The molecular formula is C20H13F3N4O4. The summed E-state index contributed by atoms with van der Waals surface area (Å²) in [5.74, 6) is -1.05. The maximum atomic E-state index is 12.9. The first-order valence-corrected chi connectivity index (χ1v) is 8.93. The van der Waals surface area contributed by atoms with Gasteiger partial charge in [-0.25, -0.2) is 9.89 Å². The summed E-state index contributed by atoms with van der Waals surface area (Å²) in [6, 6.07) is 10.8. The van der Waals surface area contributed by atoms with Crippen LogP contribution in [0.25, 0.3) is 22.2 Å². The van der Waals surface area contributed by atoms with Gasteiger partial charge in [0.15, 0.2) is 11.8 Å². The number of carbonyl (C=O) groups is 1. The van der Waals surface area contributed by atoms with Gasteiger partial charge in [0, 0.05) is 10.9 Å². The Hall–Kier alpha value is -4.02. The van der Waals surface area contributed by atoms with E-state index in [4.69, 9.17) is 9.26 Å². The fraction of sp³-hybridized carbons (Fsp3) is 0.150. The zero-order valence-corrected chi connectivity index (χ0v) is 15.8. The van der Waals surface area contributed by atoms with Gasteiger partial charge in [-0.1, -0.05) is 35.5 Å². The monoisotopic (exact) mass is 430 g/mol. The number of nitrogens with zero attached hydrogens (tertiary/aromatic N) is 3. The third kappa shape index (κ3) is 4.02. The number of hydrogen-bond acceptors (Lipinski definition) is 7. The predicted molar refractivity (Wildman–Crippen MR) is 101 cm³/mol. The van der Waals surface area contributed by atoms with E-state index >= 15 is 0 Å². The molecule has 11 heteroatoms. The molecule has 0 aliphatic heterocycles. The Morgan fingerprint density at radius 3 is 2.61 bits per heavy atom. The van der Waals surface area contributed by atoms with E-state index in [0.29, 0.717) is 5.39 Å². The minimum Gasteiger partial charge on any atom is -0.448 e. The van der Waals surface area contributed by atoms with E-state index in [1.54, 1.807) is 18.2 Å². The number of halogens is 3. The fourth-order valence-electron chi connectivity index (χ4n) is 2.89. The van der Waals surface area contributed by atoms with Gasteiger partial charge in [0.2, 0.25) is 5.82 Å². The lowest BCUT2D eigenvalue weighted by Gasteiger charge is -2.09. The van der Waals surface area contributed by atoms with E-state index in [9.17, 15) is 22.8 Å². The largest absolute Gasteiger partial charge is 0.448 e. The number of ether oxygens (including phenoxy) is 1. The van der Waals surface area contributed by atoms with Gasteiger partial charge >= 0.3 is 12.1 Å². The number of rotatable bonds is 4. The minimum absolute atomic E-state index is 0.0865. The van der Waals surface area contributed by atoms with Crippen LogP contribution in [0.2, 0.25) is 0 Å². The SMILES string of the molecule is CC(OC(=O)c1n[nH]c(=O)c2ccccc12)c1nc(-c2cccc(C(F)(F)F)c2)no1. The number of nitrogens with one attached hydrogen (secondary N) is 1. The molecule has 0 bridgehead atoms. The van der Waals surface area contributed by atoms with Gasteiger partial charge in [-0.3, -0.25) is 4.79 Å². The lowest BCUT2D eigenvalue weighted by molar-refractivity contribution is -0.137. The lowest BCUT2D eigenvalue weighted by Crippen LogP contribution is -2.17. The van der Waals surface area contributed by atoms with Crippen LogP contribution in [0.15, 0.2) is 57.8 Å². The Kier molecular flexibility index (Phi) is 5.01. The number of H-pyrrole nitrogens is 1. The zero-order valence-electron chi connectivity index (χ0n) is 15.8. The van der Waals surface area contributed by atoms with Gasteiger partial charge in [-0.2, -0.15) is 23.3 Å². The van der Waals surface area contributed by atoms with Crippen molar-refractivity contribution >= 4 is 16.7 Å². The molecule has 4 rings (SSSR count). The maximum absolute atomic E-state index is 12.9. The van der Waals surface area contributed by atoms with Crippen molar-refractivity contribution in [3.8, 4) is 11.4 Å². The molecule has 0 aliphatic rings. The zero-order chi connectivity index (χ0) is 22.2. The summed E-state index contributed by atoms with van der Waals surface area (Å²) >= 11 is 0. The lowest BCUT2D eigenvalue weighted by atomic mass is 10.1. The summed E-state index contributed by atoms with van der Waals surface area (Å²) in [4.78, 5) is 28.4. The van der Waals surface area contributed by atoms with Crippen LogP contribution in [-0.2, 0) is 10.9 Å². The van der Waals surface area contributed by atoms with Gasteiger partial charge in [0.1, 0.15) is 0 Å². The van der Waals surface area contributed by atoms with Crippen molar-refractivity contribution in [2.75, 3.05) is 0 Å².